The summed E-state index contributed by atoms with van der Waals surface area (Å²) in [6, 6.07) is 0. The molecular formula is C14H30O4. The maximum atomic E-state index is 9.19. The summed E-state index contributed by atoms with van der Waals surface area (Å²) in [6.45, 7) is 9.48. The van der Waals surface area contributed by atoms with E-state index in [-0.39, 0.29) is 19.1 Å². The van der Waals surface area contributed by atoms with Crippen LogP contribution in [-0.4, -0.2) is 42.9 Å². The Morgan fingerprint density at radius 2 is 1.17 bits per heavy atom. The maximum Gasteiger partial charge on any atom is 0.164 e. The van der Waals surface area contributed by atoms with E-state index in [0.717, 1.165) is 12.8 Å². The molecule has 0 aromatic carbocycles. The molecule has 0 rings (SSSR count). The van der Waals surface area contributed by atoms with Crippen LogP contribution >= 0.6 is 0 Å². The van der Waals surface area contributed by atoms with Crippen LogP contribution in [0.4, 0.5) is 0 Å². The first-order valence-corrected chi connectivity index (χ1v) is 6.96. The van der Waals surface area contributed by atoms with Gasteiger partial charge in [-0.3, -0.25) is 0 Å². The average Bonchev–Trinajstić information content (AvgIpc) is 2.29. The van der Waals surface area contributed by atoms with Gasteiger partial charge in [0.25, 0.3) is 0 Å². The Kier molecular flexibility index (Phi) is 10.6. The van der Waals surface area contributed by atoms with Gasteiger partial charge < -0.3 is 19.7 Å². The Morgan fingerprint density at radius 1 is 0.778 bits per heavy atom. The Labute approximate surface area is 111 Å². The minimum absolute atomic E-state index is 0.121. The van der Waals surface area contributed by atoms with Crippen molar-refractivity contribution < 1.29 is 19.7 Å². The lowest BCUT2D eigenvalue weighted by Gasteiger charge is -2.25. The summed E-state index contributed by atoms with van der Waals surface area (Å²) in [7, 11) is 0. The van der Waals surface area contributed by atoms with Crippen molar-refractivity contribution in [1.82, 2.24) is 0 Å². The minimum Gasteiger partial charge on any atom is -0.396 e. The van der Waals surface area contributed by atoms with Crippen LogP contribution in [0.25, 0.3) is 0 Å². The van der Waals surface area contributed by atoms with E-state index < -0.39 is 6.29 Å². The first-order chi connectivity index (χ1) is 8.51. The molecule has 0 aliphatic rings. The monoisotopic (exact) mass is 262 g/mol. The summed E-state index contributed by atoms with van der Waals surface area (Å²) >= 11 is 0. The van der Waals surface area contributed by atoms with Crippen molar-refractivity contribution in [3.05, 3.63) is 0 Å². The van der Waals surface area contributed by atoms with Gasteiger partial charge in [0.1, 0.15) is 0 Å². The normalized spacial score (nSPS) is 12.3. The molecule has 18 heavy (non-hydrogen) atoms. The molecule has 0 amide bonds. The van der Waals surface area contributed by atoms with Gasteiger partial charge in [-0.15, -0.1) is 0 Å². The summed E-state index contributed by atoms with van der Waals surface area (Å²) < 4.78 is 11.3. The maximum absolute atomic E-state index is 9.19. The Morgan fingerprint density at radius 3 is 1.44 bits per heavy atom. The second-order valence-corrected chi connectivity index (χ2v) is 5.60. The van der Waals surface area contributed by atoms with Gasteiger partial charge in [0.05, 0.1) is 19.1 Å². The largest absolute Gasteiger partial charge is 0.396 e. The molecule has 0 spiro atoms. The third kappa shape index (κ3) is 8.86. The highest BCUT2D eigenvalue weighted by atomic mass is 16.7. The highest BCUT2D eigenvalue weighted by Crippen LogP contribution is 2.12. The van der Waals surface area contributed by atoms with Crippen molar-refractivity contribution in [2.24, 2.45) is 17.8 Å². The molecule has 110 valence electrons. The minimum atomic E-state index is -0.502. The van der Waals surface area contributed by atoms with Crippen LogP contribution in [0.2, 0.25) is 0 Å². The van der Waals surface area contributed by atoms with Gasteiger partial charge in [-0.05, 0) is 24.7 Å². The number of rotatable bonds is 11. The number of ether oxygens (including phenoxy) is 2. The zero-order valence-electron chi connectivity index (χ0n) is 12.3. The zero-order valence-corrected chi connectivity index (χ0v) is 12.3. The summed E-state index contributed by atoms with van der Waals surface area (Å²) in [6.07, 6.45) is 1.40. The van der Waals surface area contributed by atoms with Crippen LogP contribution in [0.3, 0.4) is 0 Å². The quantitative estimate of drug-likeness (QED) is 0.559. The molecule has 0 aromatic heterocycles. The lowest BCUT2D eigenvalue weighted by atomic mass is 10.1. The van der Waals surface area contributed by atoms with Gasteiger partial charge in [0.15, 0.2) is 6.29 Å². The number of aliphatic hydroxyl groups excluding tert-OH is 2. The molecule has 0 aromatic rings. The highest BCUT2D eigenvalue weighted by molar-refractivity contribution is 4.61. The van der Waals surface area contributed by atoms with Crippen molar-refractivity contribution in [3.63, 3.8) is 0 Å². The van der Waals surface area contributed by atoms with Crippen LogP contribution < -0.4 is 0 Å². The first-order valence-electron chi connectivity index (χ1n) is 6.96. The molecule has 0 fully saturated rings. The van der Waals surface area contributed by atoms with E-state index >= 15 is 0 Å². The molecule has 0 atom stereocenters. The van der Waals surface area contributed by atoms with E-state index in [1.54, 1.807) is 0 Å². The molecule has 0 saturated carbocycles. The fourth-order valence-electron chi connectivity index (χ4n) is 1.39. The molecule has 4 nitrogen and oxygen atoms in total. The number of hydrogen-bond acceptors (Lipinski definition) is 4. The standard InChI is InChI=1S/C14H30O4/c1-11(2)5-7-17-14(13(9-15)10-16)18-8-6-12(3)4/h11-16H,5-10H2,1-4H3. The summed E-state index contributed by atoms with van der Waals surface area (Å²) in [5, 5.41) is 18.4. The first kappa shape index (κ1) is 17.8. The SMILES string of the molecule is CC(C)CCOC(OCCC(C)C)C(CO)CO. The number of hydrogen-bond donors (Lipinski definition) is 2. The third-order valence-electron chi connectivity index (χ3n) is 2.81. The van der Waals surface area contributed by atoms with E-state index in [1.165, 1.54) is 0 Å². The van der Waals surface area contributed by atoms with Crippen molar-refractivity contribution >= 4 is 0 Å². The van der Waals surface area contributed by atoms with Crippen molar-refractivity contribution in [2.75, 3.05) is 26.4 Å². The highest BCUT2D eigenvalue weighted by Gasteiger charge is 2.21. The molecule has 0 radical (unpaired) electrons. The van der Waals surface area contributed by atoms with E-state index in [9.17, 15) is 10.2 Å². The second-order valence-electron chi connectivity index (χ2n) is 5.60. The molecule has 0 heterocycles. The summed E-state index contributed by atoms with van der Waals surface area (Å²) in [5.41, 5.74) is 0. The molecular weight excluding hydrogens is 232 g/mol. The van der Waals surface area contributed by atoms with Crippen LogP contribution in [0.15, 0.2) is 0 Å². The van der Waals surface area contributed by atoms with Crippen LogP contribution in [0.1, 0.15) is 40.5 Å². The Bertz CT molecular complexity index is 165. The molecule has 0 bridgehead atoms. The average molecular weight is 262 g/mol. The molecule has 4 heteroatoms. The summed E-state index contributed by atoms with van der Waals surface area (Å²) in [5.74, 6) is 0.787. The van der Waals surface area contributed by atoms with Crippen LogP contribution in [0, 0.1) is 17.8 Å². The second kappa shape index (κ2) is 10.7. The van der Waals surface area contributed by atoms with Crippen molar-refractivity contribution in [2.45, 2.75) is 46.8 Å². The molecule has 0 saturated heterocycles. The smallest absolute Gasteiger partial charge is 0.164 e. The predicted octanol–water partition coefficient (Wildman–Crippen LogP) is 2.04. The Hall–Kier alpha value is -0.160. The fraction of sp³-hybridized carbons (Fsp3) is 1.00. The lowest BCUT2D eigenvalue weighted by molar-refractivity contribution is -0.188. The van der Waals surface area contributed by atoms with Crippen LogP contribution in [-0.2, 0) is 9.47 Å². The predicted molar refractivity (Wildman–Crippen MR) is 72.3 cm³/mol. The van der Waals surface area contributed by atoms with Gasteiger partial charge in [0.2, 0.25) is 0 Å². The molecule has 2 N–H and O–H groups in total. The zero-order chi connectivity index (χ0) is 14.0. The van der Waals surface area contributed by atoms with E-state index in [1.807, 2.05) is 0 Å². The number of aliphatic hydroxyl groups is 2. The van der Waals surface area contributed by atoms with Crippen molar-refractivity contribution in [3.8, 4) is 0 Å². The van der Waals surface area contributed by atoms with E-state index in [4.69, 9.17) is 9.47 Å². The Balaban J connectivity index is 4.07. The van der Waals surface area contributed by atoms with Gasteiger partial charge in [-0.2, -0.15) is 0 Å². The molecule has 0 aliphatic heterocycles. The fourth-order valence-corrected chi connectivity index (χ4v) is 1.39. The van der Waals surface area contributed by atoms with Gasteiger partial charge >= 0.3 is 0 Å². The lowest BCUT2D eigenvalue weighted by Crippen LogP contribution is -2.33. The van der Waals surface area contributed by atoms with E-state index in [0.29, 0.717) is 25.0 Å². The van der Waals surface area contributed by atoms with Gasteiger partial charge in [0, 0.05) is 13.2 Å². The van der Waals surface area contributed by atoms with E-state index in [2.05, 4.69) is 27.7 Å². The topological polar surface area (TPSA) is 58.9 Å². The molecule has 0 unspecified atom stereocenters. The van der Waals surface area contributed by atoms with Crippen molar-refractivity contribution in [1.29, 1.82) is 0 Å². The van der Waals surface area contributed by atoms with Gasteiger partial charge in [-0.25, -0.2) is 0 Å². The molecule has 0 aliphatic carbocycles. The third-order valence-corrected chi connectivity index (χ3v) is 2.81. The van der Waals surface area contributed by atoms with Gasteiger partial charge in [-0.1, -0.05) is 27.7 Å². The summed E-state index contributed by atoms with van der Waals surface area (Å²) in [4.78, 5) is 0. The van der Waals surface area contributed by atoms with Crippen LogP contribution in [0.5, 0.6) is 0 Å².